The number of nitrogens with one attached hydrogen (secondary N) is 1. The van der Waals surface area contributed by atoms with Crippen molar-refractivity contribution in [3.8, 4) is 0 Å². The highest BCUT2D eigenvalue weighted by Crippen LogP contribution is 2.27. The van der Waals surface area contributed by atoms with Gasteiger partial charge in [0.1, 0.15) is 0 Å². The van der Waals surface area contributed by atoms with Crippen LogP contribution < -0.4 is 10.2 Å². The van der Waals surface area contributed by atoms with Gasteiger partial charge in [0.05, 0.1) is 0 Å². The SMILES string of the molecule is CNCc1cnccc1N1CCCC1C. The van der Waals surface area contributed by atoms with Gasteiger partial charge < -0.3 is 10.2 Å². The molecule has 1 saturated heterocycles. The highest BCUT2D eigenvalue weighted by Gasteiger charge is 2.22. The van der Waals surface area contributed by atoms with Crippen LogP contribution in [0.1, 0.15) is 25.3 Å². The van der Waals surface area contributed by atoms with Gasteiger partial charge in [0.2, 0.25) is 0 Å². The Balaban J connectivity index is 2.25. The molecule has 0 radical (unpaired) electrons. The minimum atomic E-state index is 0.669. The van der Waals surface area contributed by atoms with Crippen LogP contribution in [0.3, 0.4) is 0 Å². The number of anilines is 1. The first kappa shape index (κ1) is 10.4. The van der Waals surface area contributed by atoms with E-state index in [-0.39, 0.29) is 0 Å². The largest absolute Gasteiger partial charge is 0.368 e. The van der Waals surface area contributed by atoms with Crippen LogP contribution in [-0.2, 0) is 6.54 Å². The predicted octanol–water partition coefficient (Wildman–Crippen LogP) is 1.79. The molecule has 82 valence electrons. The Morgan fingerprint density at radius 1 is 1.60 bits per heavy atom. The second-order valence-electron chi connectivity index (χ2n) is 4.22. The Bertz CT molecular complexity index is 324. The number of nitrogens with zero attached hydrogens (tertiary/aromatic N) is 2. The third-order valence-corrected chi connectivity index (χ3v) is 3.11. The van der Waals surface area contributed by atoms with Gasteiger partial charge >= 0.3 is 0 Å². The molecule has 1 fully saturated rings. The third-order valence-electron chi connectivity index (χ3n) is 3.11. The van der Waals surface area contributed by atoms with Crippen molar-refractivity contribution < 1.29 is 0 Å². The van der Waals surface area contributed by atoms with Gasteiger partial charge in [-0.2, -0.15) is 0 Å². The quantitative estimate of drug-likeness (QED) is 0.815. The molecule has 1 unspecified atom stereocenters. The fraction of sp³-hybridized carbons (Fsp3) is 0.583. The third kappa shape index (κ3) is 2.12. The summed E-state index contributed by atoms with van der Waals surface area (Å²) in [5.74, 6) is 0. The summed E-state index contributed by atoms with van der Waals surface area (Å²) in [4.78, 5) is 6.69. The van der Waals surface area contributed by atoms with Crippen LogP contribution in [-0.4, -0.2) is 24.6 Å². The van der Waals surface area contributed by atoms with E-state index < -0.39 is 0 Å². The van der Waals surface area contributed by atoms with E-state index in [4.69, 9.17) is 0 Å². The van der Waals surface area contributed by atoms with Crippen molar-refractivity contribution >= 4 is 5.69 Å². The minimum Gasteiger partial charge on any atom is -0.368 e. The lowest BCUT2D eigenvalue weighted by atomic mass is 10.2. The average Bonchev–Trinajstić information content (AvgIpc) is 2.66. The number of rotatable bonds is 3. The Hall–Kier alpha value is -1.09. The first-order valence-corrected chi connectivity index (χ1v) is 5.67. The molecule has 0 spiro atoms. The number of pyridine rings is 1. The standard InChI is InChI=1S/C12H19N3/c1-10-4-3-7-15(10)12-5-6-14-9-11(12)8-13-2/h5-6,9-10,13H,3-4,7-8H2,1-2H3. The molecule has 2 rings (SSSR count). The lowest BCUT2D eigenvalue weighted by Gasteiger charge is -2.26. The molecule has 1 aliphatic rings. The smallest absolute Gasteiger partial charge is 0.0445 e. The van der Waals surface area contributed by atoms with Gasteiger partial charge in [-0.3, -0.25) is 4.98 Å². The molecule has 0 aromatic carbocycles. The van der Waals surface area contributed by atoms with E-state index in [1.54, 1.807) is 0 Å². The lowest BCUT2D eigenvalue weighted by molar-refractivity contribution is 0.724. The molecule has 1 N–H and O–H groups in total. The summed E-state index contributed by atoms with van der Waals surface area (Å²) in [5.41, 5.74) is 2.65. The minimum absolute atomic E-state index is 0.669. The maximum atomic E-state index is 4.19. The van der Waals surface area contributed by atoms with Crippen molar-refractivity contribution in [1.82, 2.24) is 10.3 Å². The highest BCUT2D eigenvalue weighted by molar-refractivity contribution is 5.53. The molecule has 1 atom stereocenters. The normalized spacial score (nSPS) is 20.9. The summed E-state index contributed by atoms with van der Waals surface area (Å²) in [6, 6.07) is 2.80. The van der Waals surface area contributed by atoms with Crippen LogP contribution in [0.4, 0.5) is 5.69 Å². The molecular weight excluding hydrogens is 186 g/mol. The predicted molar refractivity (Wildman–Crippen MR) is 63.0 cm³/mol. The van der Waals surface area contributed by atoms with Crippen molar-refractivity contribution in [2.24, 2.45) is 0 Å². The van der Waals surface area contributed by atoms with Gasteiger partial charge in [-0.05, 0) is 32.9 Å². The Morgan fingerprint density at radius 2 is 2.47 bits per heavy atom. The van der Waals surface area contributed by atoms with E-state index in [0.717, 1.165) is 6.54 Å². The molecule has 0 aliphatic carbocycles. The Labute approximate surface area is 91.5 Å². The zero-order valence-corrected chi connectivity index (χ0v) is 9.53. The van der Waals surface area contributed by atoms with Crippen molar-refractivity contribution in [3.05, 3.63) is 24.0 Å². The Morgan fingerprint density at radius 3 is 3.13 bits per heavy atom. The molecule has 1 aliphatic heterocycles. The zero-order valence-electron chi connectivity index (χ0n) is 9.53. The summed E-state index contributed by atoms with van der Waals surface area (Å²) < 4.78 is 0. The van der Waals surface area contributed by atoms with Crippen molar-refractivity contribution in [2.75, 3.05) is 18.5 Å². The van der Waals surface area contributed by atoms with E-state index in [2.05, 4.69) is 28.2 Å². The molecular formula is C12H19N3. The average molecular weight is 205 g/mol. The fourth-order valence-electron chi connectivity index (χ4n) is 2.32. The van der Waals surface area contributed by atoms with Gasteiger partial charge in [0, 0.05) is 42.8 Å². The topological polar surface area (TPSA) is 28.2 Å². The van der Waals surface area contributed by atoms with E-state index in [0.29, 0.717) is 6.04 Å². The number of hydrogen-bond acceptors (Lipinski definition) is 3. The molecule has 3 heteroatoms. The maximum Gasteiger partial charge on any atom is 0.0445 e. The summed E-state index contributed by atoms with van der Waals surface area (Å²) in [5, 5.41) is 3.20. The first-order valence-electron chi connectivity index (χ1n) is 5.67. The second-order valence-corrected chi connectivity index (χ2v) is 4.22. The molecule has 0 amide bonds. The van der Waals surface area contributed by atoms with E-state index >= 15 is 0 Å². The molecule has 0 saturated carbocycles. The first-order chi connectivity index (χ1) is 7.33. The van der Waals surface area contributed by atoms with E-state index in [1.165, 1.54) is 30.6 Å². The summed E-state index contributed by atoms with van der Waals surface area (Å²) in [7, 11) is 1.98. The monoisotopic (exact) mass is 205 g/mol. The molecule has 1 aromatic heterocycles. The Kier molecular flexibility index (Phi) is 3.21. The van der Waals surface area contributed by atoms with Gasteiger partial charge in [0.15, 0.2) is 0 Å². The summed E-state index contributed by atoms with van der Waals surface area (Å²) >= 11 is 0. The van der Waals surface area contributed by atoms with Crippen LogP contribution in [0, 0.1) is 0 Å². The van der Waals surface area contributed by atoms with Crippen LogP contribution in [0.2, 0.25) is 0 Å². The number of aromatic nitrogens is 1. The van der Waals surface area contributed by atoms with Crippen molar-refractivity contribution in [3.63, 3.8) is 0 Å². The molecule has 0 bridgehead atoms. The van der Waals surface area contributed by atoms with Crippen LogP contribution in [0.5, 0.6) is 0 Å². The van der Waals surface area contributed by atoms with E-state index in [9.17, 15) is 0 Å². The molecule has 1 aromatic rings. The van der Waals surface area contributed by atoms with Crippen LogP contribution >= 0.6 is 0 Å². The van der Waals surface area contributed by atoms with Crippen molar-refractivity contribution in [2.45, 2.75) is 32.4 Å². The van der Waals surface area contributed by atoms with Gasteiger partial charge in [0.25, 0.3) is 0 Å². The lowest BCUT2D eigenvalue weighted by Crippen LogP contribution is -2.28. The number of hydrogen-bond donors (Lipinski definition) is 1. The van der Waals surface area contributed by atoms with Crippen LogP contribution in [0.15, 0.2) is 18.5 Å². The molecule has 2 heterocycles. The van der Waals surface area contributed by atoms with Gasteiger partial charge in [-0.1, -0.05) is 0 Å². The van der Waals surface area contributed by atoms with Crippen molar-refractivity contribution in [1.29, 1.82) is 0 Å². The van der Waals surface area contributed by atoms with Gasteiger partial charge in [-0.25, -0.2) is 0 Å². The molecule has 15 heavy (non-hydrogen) atoms. The summed E-state index contributed by atoms with van der Waals surface area (Å²) in [6.07, 6.45) is 6.47. The second kappa shape index (κ2) is 4.62. The molecule has 3 nitrogen and oxygen atoms in total. The maximum absolute atomic E-state index is 4.19. The van der Waals surface area contributed by atoms with E-state index in [1.807, 2.05) is 19.4 Å². The van der Waals surface area contributed by atoms with Gasteiger partial charge in [-0.15, -0.1) is 0 Å². The fourth-order valence-corrected chi connectivity index (χ4v) is 2.32. The summed E-state index contributed by atoms with van der Waals surface area (Å²) in [6.45, 7) is 4.38. The highest BCUT2D eigenvalue weighted by atomic mass is 15.2. The zero-order chi connectivity index (χ0) is 10.7. The van der Waals surface area contributed by atoms with Crippen LogP contribution in [0.25, 0.3) is 0 Å².